The molecule has 14 heavy (non-hydrogen) atoms. The van der Waals surface area contributed by atoms with E-state index in [0.29, 0.717) is 11.3 Å². The SMILES string of the molecule is CCC1(C)C(C)=CC(CCS)=CC1C. The van der Waals surface area contributed by atoms with Gasteiger partial charge in [-0.3, -0.25) is 0 Å². The Labute approximate surface area is 93.9 Å². The summed E-state index contributed by atoms with van der Waals surface area (Å²) in [5.41, 5.74) is 3.38. The zero-order valence-electron chi connectivity index (χ0n) is 9.80. The molecule has 0 aromatic carbocycles. The smallest absolute Gasteiger partial charge is 0.00575 e. The highest BCUT2D eigenvalue weighted by atomic mass is 32.1. The molecule has 0 N–H and O–H groups in total. The zero-order chi connectivity index (χ0) is 10.8. The molecule has 0 fully saturated rings. The molecular formula is C13H22S. The summed E-state index contributed by atoms with van der Waals surface area (Å²) in [6.07, 6.45) is 7.11. The van der Waals surface area contributed by atoms with Gasteiger partial charge in [0.25, 0.3) is 0 Å². The molecule has 0 amide bonds. The molecule has 0 aromatic rings. The first-order chi connectivity index (χ1) is 6.54. The van der Waals surface area contributed by atoms with Crippen molar-refractivity contribution in [2.75, 3.05) is 5.75 Å². The minimum atomic E-state index is 0.375. The van der Waals surface area contributed by atoms with Crippen LogP contribution in [0.3, 0.4) is 0 Å². The van der Waals surface area contributed by atoms with Crippen molar-refractivity contribution in [1.29, 1.82) is 0 Å². The lowest BCUT2D eigenvalue weighted by atomic mass is 9.67. The maximum absolute atomic E-state index is 4.29. The summed E-state index contributed by atoms with van der Waals surface area (Å²) < 4.78 is 0. The lowest BCUT2D eigenvalue weighted by molar-refractivity contribution is 0.287. The lowest BCUT2D eigenvalue weighted by Crippen LogP contribution is -2.27. The van der Waals surface area contributed by atoms with Gasteiger partial charge in [-0.05, 0) is 36.9 Å². The van der Waals surface area contributed by atoms with E-state index in [9.17, 15) is 0 Å². The van der Waals surface area contributed by atoms with E-state index >= 15 is 0 Å². The highest BCUT2D eigenvalue weighted by molar-refractivity contribution is 7.80. The Hall–Kier alpha value is -0.170. The molecule has 80 valence electrons. The molecule has 1 rings (SSSR count). The predicted molar refractivity (Wildman–Crippen MR) is 67.9 cm³/mol. The lowest BCUT2D eigenvalue weighted by Gasteiger charge is -2.38. The summed E-state index contributed by atoms with van der Waals surface area (Å²) >= 11 is 4.29. The van der Waals surface area contributed by atoms with Crippen LogP contribution in [-0.2, 0) is 0 Å². The Morgan fingerprint density at radius 1 is 1.50 bits per heavy atom. The first kappa shape index (κ1) is 11.9. The molecule has 1 heteroatoms. The molecule has 0 spiro atoms. The van der Waals surface area contributed by atoms with E-state index < -0.39 is 0 Å². The van der Waals surface area contributed by atoms with Crippen molar-refractivity contribution in [3.05, 3.63) is 23.3 Å². The molecule has 1 aliphatic carbocycles. The van der Waals surface area contributed by atoms with Gasteiger partial charge in [-0.25, -0.2) is 0 Å². The zero-order valence-corrected chi connectivity index (χ0v) is 10.7. The minimum Gasteiger partial charge on any atom is -0.179 e. The van der Waals surface area contributed by atoms with E-state index in [-0.39, 0.29) is 0 Å². The Kier molecular flexibility index (Phi) is 3.88. The molecule has 0 aromatic heterocycles. The summed E-state index contributed by atoms with van der Waals surface area (Å²) in [5, 5.41) is 0. The maximum Gasteiger partial charge on any atom is -0.00575 e. The second-order valence-corrected chi connectivity index (χ2v) is 5.05. The van der Waals surface area contributed by atoms with Crippen molar-refractivity contribution in [2.45, 2.75) is 40.5 Å². The third-order valence-corrected chi connectivity index (χ3v) is 4.13. The van der Waals surface area contributed by atoms with E-state index in [2.05, 4.69) is 52.5 Å². The van der Waals surface area contributed by atoms with Crippen LogP contribution in [0.5, 0.6) is 0 Å². The van der Waals surface area contributed by atoms with Crippen molar-refractivity contribution in [2.24, 2.45) is 11.3 Å². The number of thiol groups is 1. The third kappa shape index (κ3) is 2.08. The summed E-state index contributed by atoms with van der Waals surface area (Å²) in [6, 6.07) is 0. The predicted octanol–water partition coefficient (Wildman–Crippen LogP) is 4.25. The monoisotopic (exact) mass is 210 g/mol. The number of hydrogen-bond donors (Lipinski definition) is 1. The van der Waals surface area contributed by atoms with Gasteiger partial charge in [-0.2, -0.15) is 12.6 Å². The normalized spacial score (nSPS) is 32.5. The van der Waals surface area contributed by atoms with Crippen molar-refractivity contribution >= 4 is 12.6 Å². The van der Waals surface area contributed by atoms with E-state index in [1.165, 1.54) is 17.6 Å². The Bertz CT molecular complexity index is 262. The average Bonchev–Trinajstić information content (AvgIpc) is 2.14. The van der Waals surface area contributed by atoms with Crippen molar-refractivity contribution < 1.29 is 0 Å². The van der Waals surface area contributed by atoms with Crippen LogP contribution >= 0.6 is 12.6 Å². The summed E-state index contributed by atoms with van der Waals surface area (Å²) in [6.45, 7) is 9.26. The number of allylic oxidation sites excluding steroid dienone is 4. The Balaban J connectivity index is 2.91. The van der Waals surface area contributed by atoms with Gasteiger partial charge in [-0.1, -0.05) is 44.1 Å². The molecular weight excluding hydrogens is 188 g/mol. The molecule has 0 aliphatic heterocycles. The van der Waals surface area contributed by atoms with Crippen molar-refractivity contribution in [1.82, 2.24) is 0 Å². The van der Waals surface area contributed by atoms with Crippen LogP contribution in [0.4, 0.5) is 0 Å². The topological polar surface area (TPSA) is 0 Å². The van der Waals surface area contributed by atoms with Crippen LogP contribution in [0.25, 0.3) is 0 Å². The minimum absolute atomic E-state index is 0.375. The largest absolute Gasteiger partial charge is 0.179 e. The molecule has 0 nitrogen and oxygen atoms in total. The van der Waals surface area contributed by atoms with Crippen LogP contribution in [0.2, 0.25) is 0 Å². The molecule has 0 saturated carbocycles. The average molecular weight is 210 g/mol. The molecule has 0 saturated heterocycles. The number of rotatable bonds is 3. The van der Waals surface area contributed by atoms with Gasteiger partial charge in [0.05, 0.1) is 0 Å². The van der Waals surface area contributed by atoms with E-state index in [1.807, 2.05) is 0 Å². The summed E-state index contributed by atoms with van der Waals surface area (Å²) in [4.78, 5) is 0. The fraction of sp³-hybridized carbons (Fsp3) is 0.692. The standard InChI is InChI=1S/C13H22S/c1-5-13(4)10(2)8-12(6-7-14)9-11(13)3/h8-10,14H,5-7H2,1-4H3. The van der Waals surface area contributed by atoms with Crippen LogP contribution in [0.15, 0.2) is 23.3 Å². The molecule has 0 radical (unpaired) electrons. The van der Waals surface area contributed by atoms with Crippen LogP contribution in [0.1, 0.15) is 40.5 Å². The summed E-state index contributed by atoms with van der Waals surface area (Å²) in [5.74, 6) is 1.61. The highest BCUT2D eigenvalue weighted by Gasteiger charge is 2.32. The van der Waals surface area contributed by atoms with Crippen molar-refractivity contribution in [3.8, 4) is 0 Å². The van der Waals surface area contributed by atoms with E-state index in [1.54, 1.807) is 0 Å². The molecule has 2 unspecified atom stereocenters. The van der Waals surface area contributed by atoms with Gasteiger partial charge < -0.3 is 0 Å². The van der Waals surface area contributed by atoms with Crippen LogP contribution in [0, 0.1) is 11.3 Å². The van der Waals surface area contributed by atoms with Crippen LogP contribution in [-0.4, -0.2) is 5.75 Å². The second-order valence-electron chi connectivity index (χ2n) is 4.60. The molecule has 0 heterocycles. The fourth-order valence-electron chi connectivity index (χ4n) is 2.24. The molecule has 0 bridgehead atoms. The first-order valence-corrected chi connectivity index (χ1v) is 6.18. The fourth-order valence-corrected chi connectivity index (χ4v) is 2.50. The second kappa shape index (κ2) is 4.57. The maximum atomic E-state index is 4.29. The third-order valence-electron chi connectivity index (χ3n) is 3.91. The van der Waals surface area contributed by atoms with E-state index in [4.69, 9.17) is 0 Å². The highest BCUT2D eigenvalue weighted by Crippen LogP contribution is 2.43. The van der Waals surface area contributed by atoms with Gasteiger partial charge in [0, 0.05) is 0 Å². The van der Waals surface area contributed by atoms with Gasteiger partial charge in [0.15, 0.2) is 0 Å². The van der Waals surface area contributed by atoms with Gasteiger partial charge in [0.1, 0.15) is 0 Å². The Morgan fingerprint density at radius 2 is 2.14 bits per heavy atom. The van der Waals surface area contributed by atoms with Gasteiger partial charge in [-0.15, -0.1) is 0 Å². The van der Waals surface area contributed by atoms with Gasteiger partial charge in [0.2, 0.25) is 0 Å². The van der Waals surface area contributed by atoms with Crippen molar-refractivity contribution in [3.63, 3.8) is 0 Å². The van der Waals surface area contributed by atoms with E-state index in [0.717, 1.165) is 12.2 Å². The number of hydrogen-bond acceptors (Lipinski definition) is 1. The van der Waals surface area contributed by atoms with Gasteiger partial charge >= 0.3 is 0 Å². The Morgan fingerprint density at radius 3 is 2.57 bits per heavy atom. The molecule has 1 aliphatic rings. The quantitative estimate of drug-likeness (QED) is 0.662. The molecule has 2 atom stereocenters. The first-order valence-electron chi connectivity index (χ1n) is 5.55. The summed E-state index contributed by atoms with van der Waals surface area (Å²) in [7, 11) is 0. The van der Waals surface area contributed by atoms with Crippen LogP contribution < -0.4 is 0 Å².